The highest BCUT2D eigenvalue weighted by Gasteiger charge is 2.02. The van der Waals surface area contributed by atoms with Crippen LogP contribution in [0, 0.1) is 0 Å². The zero-order chi connectivity index (χ0) is 14.7. The second kappa shape index (κ2) is 6.06. The fourth-order valence-corrected chi connectivity index (χ4v) is 3.15. The molecule has 0 amide bonds. The Labute approximate surface area is 126 Å². The summed E-state index contributed by atoms with van der Waals surface area (Å²) in [5.74, 6) is 1.81. The number of para-hydroxylation sites is 1. The highest BCUT2D eigenvalue weighted by Crippen LogP contribution is 2.20. The number of rotatable bonds is 4. The average Bonchev–Trinajstić information content (AvgIpc) is 2.47. The highest BCUT2D eigenvalue weighted by atomic mass is 32.2. The van der Waals surface area contributed by atoms with Crippen LogP contribution in [0.3, 0.4) is 0 Å². The first-order chi connectivity index (χ1) is 10.2. The minimum absolute atomic E-state index is 0.0531. The van der Waals surface area contributed by atoms with E-state index in [1.54, 1.807) is 30.0 Å². The first-order valence-electron chi connectivity index (χ1n) is 6.69. The van der Waals surface area contributed by atoms with Crippen LogP contribution in [0.4, 0.5) is 0 Å². The third kappa shape index (κ3) is 3.28. The summed E-state index contributed by atoms with van der Waals surface area (Å²) in [6, 6.07) is 16.4. The quantitative estimate of drug-likeness (QED) is 0.772. The zero-order valence-corrected chi connectivity index (χ0v) is 12.2. The maximum atomic E-state index is 12.0. The lowest BCUT2D eigenvalue weighted by Gasteiger charge is -2.05. The molecule has 1 aromatic heterocycles. The van der Waals surface area contributed by atoms with Gasteiger partial charge in [0.1, 0.15) is 5.75 Å². The number of nitrogens with one attached hydrogen (secondary N) is 1. The summed E-state index contributed by atoms with van der Waals surface area (Å²) in [6.45, 7) is 0. The van der Waals surface area contributed by atoms with Gasteiger partial charge < -0.3 is 10.1 Å². The largest absolute Gasteiger partial charge is 0.508 e. The number of phenolic OH excluding ortho intramolecular Hbond substituents is 1. The van der Waals surface area contributed by atoms with Crippen LogP contribution >= 0.6 is 11.8 Å². The Kier molecular flexibility index (Phi) is 3.97. The molecule has 3 nitrogen and oxygen atoms in total. The lowest BCUT2D eigenvalue weighted by atomic mass is 10.2. The minimum atomic E-state index is 0.0531. The van der Waals surface area contributed by atoms with Gasteiger partial charge in [-0.1, -0.05) is 24.3 Å². The van der Waals surface area contributed by atoms with E-state index in [0.717, 1.165) is 33.7 Å². The molecule has 3 aromatic rings. The number of hydrogen-bond donors (Lipinski definition) is 2. The molecule has 0 aliphatic rings. The van der Waals surface area contributed by atoms with Gasteiger partial charge in [0.15, 0.2) is 5.43 Å². The topological polar surface area (TPSA) is 53.1 Å². The summed E-state index contributed by atoms with van der Waals surface area (Å²) in [4.78, 5) is 15.3. The monoisotopic (exact) mass is 297 g/mol. The Morgan fingerprint density at radius 3 is 2.71 bits per heavy atom. The first kappa shape index (κ1) is 13.8. The van der Waals surface area contributed by atoms with Crippen molar-refractivity contribution in [2.24, 2.45) is 0 Å². The van der Waals surface area contributed by atoms with Gasteiger partial charge in [-0.3, -0.25) is 4.79 Å². The second-order valence-corrected chi connectivity index (χ2v) is 5.85. The molecule has 0 aliphatic carbocycles. The predicted octanol–water partition coefficient (Wildman–Crippen LogP) is 3.67. The second-order valence-electron chi connectivity index (χ2n) is 4.87. The summed E-state index contributed by atoms with van der Waals surface area (Å²) in [6.07, 6.45) is 0. The molecular formula is C17H15NO2S. The molecule has 0 unspecified atom stereocenters. The van der Waals surface area contributed by atoms with E-state index in [9.17, 15) is 9.90 Å². The molecule has 0 saturated heterocycles. The lowest BCUT2D eigenvalue weighted by molar-refractivity contribution is 0.475. The number of pyridine rings is 1. The van der Waals surface area contributed by atoms with E-state index >= 15 is 0 Å². The number of aromatic nitrogens is 1. The molecule has 4 heteroatoms. The van der Waals surface area contributed by atoms with Gasteiger partial charge in [-0.25, -0.2) is 0 Å². The van der Waals surface area contributed by atoms with Gasteiger partial charge in [0, 0.05) is 34.2 Å². The summed E-state index contributed by atoms with van der Waals surface area (Å²) >= 11 is 1.70. The molecule has 21 heavy (non-hydrogen) atoms. The van der Waals surface area contributed by atoms with Crippen molar-refractivity contribution in [2.45, 2.75) is 11.5 Å². The fourth-order valence-electron chi connectivity index (χ4n) is 2.25. The smallest absolute Gasteiger partial charge is 0.189 e. The van der Waals surface area contributed by atoms with E-state index in [1.165, 1.54) is 0 Å². The predicted molar refractivity (Wildman–Crippen MR) is 87.7 cm³/mol. The van der Waals surface area contributed by atoms with Crippen molar-refractivity contribution < 1.29 is 5.11 Å². The van der Waals surface area contributed by atoms with E-state index in [2.05, 4.69) is 4.98 Å². The van der Waals surface area contributed by atoms with Crippen LogP contribution < -0.4 is 5.43 Å². The standard InChI is InChI=1S/C17H15NO2S/c19-14-5-3-4-12(8-14)10-21-11-13-9-17(20)15-6-1-2-7-16(15)18-13/h1-9,19H,10-11H2,(H,18,20). The van der Waals surface area contributed by atoms with E-state index < -0.39 is 0 Å². The molecule has 2 N–H and O–H groups in total. The van der Waals surface area contributed by atoms with Crippen molar-refractivity contribution in [1.29, 1.82) is 0 Å². The minimum Gasteiger partial charge on any atom is -0.508 e. The summed E-state index contributed by atoms with van der Waals surface area (Å²) in [5.41, 5.74) is 2.92. The maximum absolute atomic E-state index is 12.0. The van der Waals surface area contributed by atoms with Crippen LogP contribution in [-0.2, 0) is 11.5 Å². The number of fused-ring (bicyclic) bond motifs is 1. The molecule has 106 valence electrons. The van der Waals surface area contributed by atoms with Gasteiger partial charge in [-0.05, 0) is 29.8 Å². The molecule has 0 spiro atoms. The van der Waals surface area contributed by atoms with Crippen molar-refractivity contribution in [3.05, 3.63) is 76.1 Å². The Morgan fingerprint density at radius 2 is 1.86 bits per heavy atom. The van der Waals surface area contributed by atoms with Crippen molar-refractivity contribution >= 4 is 22.7 Å². The van der Waals surface area contributed by atoms with Crippen molar-refractivity contribution in [3.63, 3.8) is 0 Å². The van der Waals surface area contributed by atoms with Gasteiger partial charge >= 0.3 is 0 Å². The third-order valence-electron chi connectivity index (χ3n) is 3.23. The molecule has 0 saturated carbocycles. The van der Waals surface area contributed by atoms with Crippen LogP contribution in [-0.4, -0.2) is 10.1 Å². The molecule has 3 rings (SSSR count). The van der Waals surface area contributed by atoms with Gasteiger partial charge in [-0.15, -0.1) is 0 Å². The van der Waals surface area contributed by atoms with E-state index in [0.29, 0.717) is 0 Å². The Morgan fingerprint density at radius 1 is 1.00 bits per heavy atom. The summed E-state index contributed by atoms with van der Waals surface area (Å²) < 4.78 is 0. The summed E-state index contributed by atoms with van der Waals surface area (Å²) in [5, 5.41) is 10.1. The summed E-state index contributed by atoms with van der Waals surface area (Å²) in [7, 11) is 0. The third-order valence-corrected chi connectivity index (χ3v) is 4.28. The highest BCUT2D eigenvalue weighted by molar-refractivity contribution is 7.97. The van der Waals surface area contributed by atoms with Gasteiger partial charge in [0.2, 0.25) is 0 Å². The van der Waals surface area contributed by atoms with Gasteiger partial charge in [0.25, 0.3) is 0 Å². The number of benzene rings is 2. The number of thioether (sulfide) groups is 1. The Hall–Kier alpha value is -2.20. The molecule has 0 atom stereocenters. The lowest BCUT2D eigenvalue weighted by Crippen LogP contribution is -2.04. The van der Waals surface area contributed by atoms with Crippen LogP contribution in [0.15, 0.2) is 59.4 Å². The van der Waals surface area contributed by atoms with Crippen molar-refractivity contribution in [2.75, 3.05) is 0 Å². The molecule has 0 radical (unpaired) electrons. The van der Waals surface area contributed by atoms with E-state index in [1.807, 2.05) is 36.4 Å². The van der Waals surface area contributed by atoms with Gasteiger partial charge in [-0.2, -0.15) is 11.8 Å². The average molecular weight is 297 g/mol. The van der Waals surface area contributed by atoms with E-state index in [4.69, 9.17) is 0 Å². The number of phenols is 1. The van der Waals surface area contributed by atoms with Crippen molar-refractivity contribution in [1.82, 2.24) is 4.98 Å². The number of aromatic hydroxyl groups is 1. The molecular weight excluding hydrogens is 282 g/mol. The molecule has 0 bridgehead atoms. The first-order valence-corrected chi connectivity index (χ1v) is 7.84. The number of aromatic amines is 1. The van der Waals surface area contributed by atoms with Gasteiger partial charge in [0.05, 0.1) is 0 Å². The Balaban J connectivity index is 1.72. The Bertz CT molecular complexity index is 826. The zero-order valence-electron chi connectivity index (χ0n) is 11.4. The molecule has 1 heterocycles. The van der Waals surface area contributed by atoms with Crippen LogP contribution in [0.2, 0.25) is 0 Å². The van der Waals surface area contributed by atoms with Crippen LogP contribution in [0.25, 0.3) is 10.9 Å². The molecule has 0 fully saturated rings. The van der Waals surface area contributed by atoms with E-state index in [-0.39, 0.29) is 11.2 Å². The fraction of sp³-hybridized carbons (Fsp3) is 0.118. The number of H-pyrrole nitrogens is 1. The van der Waals surface area contributed by atoms with Crippen molar-refractivity contribution in [3.8, 4) is 5.75 Å². The maximum Gasteiger partial charge on any atom is 0.189 e. The normalized spacial score (nSPS) is 10.9. The SMILES string of the molecule is O=c1cc(CSCc2cccc(O)c2)[nH]c2ccccc12. The number of hydrogen-bond acceptors (Lipinski definition) is 3. The molecule has 0 aliphatic heterocycles. The van der Waals surface area contributed by atoms with Crippen LogP contribution in [0.5, 0.6) is 5.75 Å². The molecule has 2 aromatic carbocycles. The van der Waals surface area contributed by atoms with Crippen LogP contribution in [0.1, 0.15) is 11.3 Å².